The minimum atomic E-state index is -0.125. The predicted molar refractivity (Wildman–Crippen MR) is 127 cm³/mol. The van der Waals surface area contributed by atoms with Crippen molar-refractivity contribution < 1.29 is 4.79 Å². The van der Waals surface area contributed by atoms with Gasteiger partial charge in [-0.1, -0.05) is 73.1 Å². The largest absolute Gasteiger partial charge is 0.299 e. The molecule has 0 unspecified atom stereocenters. The third-order valence-corrected chi connectivity index (χ3v) is 5.70. The van der Waals surface area contributed by atoms with Gasteiger partial charge in [0.25, 0.3) is 0 Å². The molecule has 0 spiro atoms. The third-order valence-electron chi connectivity index (χ3n) is 5.70. The molecule has 0 N–H and O–H groups in total. The Balaban J connectivity index is 0.000000576. The molecule has 0 saturated heterocycles. The summed E-state index contributed by atoms with van der Waals surface area (Å²) in [5.41, 5.74) is 5.40. The Labute approximate surface area is 175 Å². The molecule has 0 aliphatic heterocycles. The van der Waals surface area contributed by atoms with Crippen molar-refractivity contribution in [3.63, 3.8) is 0 Å². The van der Waals surface area contributed by atoms with E-state index in [1.54, 1.807) is 6.92 Å². The SMILES string of the molecule is C=C(/C=C/C)CCC=C(C)C.CC(=O)[C@@]1(C)CCC(CCC=C(C)C)=C[C@H]1C. The Morgan fingerprint density at radius 1 is 1.14 bits per heavy atom. The van der Waals surface area contributed by atoms with E-state index < -0.39 is 0 Å². The molecule has 0 aromatic carbocycles. The van der Waals surface area contributed by atoms with Crippen LogP contribution in [-0.2, 0) is 4.79 Å². The van der Waals surface area contributed by atoms with Crippen molar-refractivity contribution >= 4 is 5.78 Å². The van der Waals surface area contributed by atoms with E-state index in [1.165, 1.54) is 22.3 Å². The van der Waals surface area contributed by atoms with Crippen LogP contribution in [-0.4, -0.2) is 5.78 Å². The maximum absolute atomic E-state index is 11.7. The van der Waals surface area contributed by atoms with Crippen LogP contribution in [0.5, 0.6) is 0 Å². The van der Waals surface area contributed by atoms with Gasteiger partial charge in [0.2, 0.25) is 0 Å². The van der Waals surface area contributed by atoms with Gasteiger partial charge in [-0.3, -0.25) is 4.79 Å². The van der Waals surface area contributed by atoms with Crippen molar-refractivity contribution in [1.29, 1.82) is 0 Å². The molecule has 1 heteroatoms. The first-order valence-electron chi connectivity index (χ1n) is 10.8. The summed E-state index contributed by atoms with van der Waals surface area (Å²) >= 11 is 0. The number of allylic oxidation sites excluding steroid dienone is 9. The van der Waals surface area contributed by atoms with Crippen LogP contribution in [0.1, 0.15) is 93.9 Å². The summed E-state index contributed by atoms with van der Waals surface area (Å²) in [5.74, 6) is 0.722. The zero-order valence-electron chi connectivity index (χ0n) is 19.8. The number of carbonyl (C=O) groups excluding carboxylic acids is 1. The molecule has 158 valence electrons. The molecule has 28 heavy (non-hydrogen) atoms. The zero-order valence-corrected chi connectivity index (χ0v) is 19.8. The van der Waals surface area contributed by atoms with Crippen LogP contribution < -0.4 is 0 Å². The first kappa shape index (κ1) is 26.4. The molecule has 0 saturated carbocycles. The normalized spacial score (nSPS) is 21.3. The van der Waals surface area contributed by atoms with E-state index in [9.17, 15) is 4.79 Å². The average molecular weight is 385 g/mol. The number of Topliss-reactive ketones (excluding diaryl/α,β-unsaturated/α-hetero) is 1. The molecule has 0 aromatic heterocycles. The topological polar surface area (TPSA) is 17.1 Å². The van der Waals surface area contributed by atoms with Gasteiger partial charge in [0, 0.05) is 5.41 Å². The Morgan fingerprint density at radius 3 is 2.18 bits per heavy atom. The lowest BCUT2D eigenvalue weighted by molar-refractivity contribution is -0.128. The van der Waals surface area contributed by atoms with Crippen LogP contribution in [0.3, 0.4) is 0 Å². The molecule has 1 aliphatic rings. The first-order chi connectivity index (χ1) is 13.0. The van der Waals surface area contributed by atoms with Gasteiger partial charge in [-0.15, -0.1) is 0 Å². The minimum Gasteiger partial charge on any atom is -0.299 e. The van der Waals surface area contributed by atoms with Crippen LogP contribution in [0, 0.1) is 11.3 Å². The first-order valence-corrected chi connectivity index (χ1v) is 10.8. The van der Waals surface area contributed by atoms with E-state index in [2.05, 4.69) is 72.4 Å². The summed E-state index contributed by atoms with van der Waals surface area (Å²) < 4.78 is 0. The number of rotatable bonds is 8. The summed E-state index contributed by atoms with van der Waals surface area (Å²) in [6.07, 6.45) is 17.6. The fourth-order valence-corrected chi connectivity index (χ4v) is 3.39. The van der Waals surface area contributed by atoms with Crippen LogP contribution >= 0.6 is 0 Å². The summed E-state index contributed by atoms with van der Waals surface area (Å²) in [5, 5.41) is 0. The average Bonchev–Trinajstić information content (AvgIpc) is 2.58. The van der Waals surface area contributed by atoms with Crippen molar-refractivity contribution in [1.82, 2.24) is 0 Å². The van der Waals surface area contributed by atoms with E-state index in [-0.39, 0.29) is 5.41 Å². The van der Waals surface area contributed by atoms with Gasteiger partial charge in [-0.05, 0) is 86.0 Å². The predicted octanol–water partition coefficient (Wildman–Crippen LogP) is 8.55. The van der Waals surface area contributed by atoms with Gasteiger partial charge < -0.3 is 0 Å². The van der Waals surface area contributed by atoms with E-state index in [0.717, 1.165) is 38.5 Å². The molecular formula is C27H44O. The van der Waals surface area contributed by atoms with Gasteiger partial charge in [0.15, 0.2) is 0 Å². The maximum atomic E-state index is 11.7. The van der Waals surface area contributed by atoms with Crippen LogP contribution in [0.15, 0.2) is 59.3 Å². The summed E-state index contributed by atoms with van der Waals surface area (Å²) in [6, 6.07) is 0. The third kappa shape index (κ3) is 10.6. The fourth-order valence-electron chi connectivity index (χ4n) is 3.39. The second-order valence-electron chi connectivity index (χ2n) is 8.89. The summed E-state index contributed by atoms with van der Waals surface area (Å²) in [4.78, 5) is 11.7. The van der Waals surface area contributed by atoms with Gasteiger partial charge >= 0.3 is 0 Å². The molecule has 0 bridgehead atoms. The Morgan fingerprint density at radius 2 is 1.71 bits per heavy atom. The van der Waals surface area contributed by atoms with Crippen molar-refractivity contribution in [3.8, 4) is 0 Å². The monoisotopic (exact) mass is 384 g/mol. The van der Waals surface area contributed by atoms with E-state index >= 15 is 0 Å². The number of carbonyl (C=O) groups is 1. The molecule has 1 aliphatic carbocycles. The highest BCUT2D eigenvalue weighted by atomic mass is 16.1. The van der Waals surface area contributed by atoms with E-state index in [0.29, 0.717) is 11.7 Å². The van der Waals surface area contributed by atoms with Gasteiger partial charge in [0.1, 0.15) is 5.78 Å². The van der Waals surface area contributed by atoms with Gasteiger partial charge in [-0.2, -0.15) is 0 Å². The Hall–Kier alpha value is -1.63. The number of ketones is 1. The molecule has 2 atom stereocenters. The van der Waals surface area contributed by atoms with Crippen molar-refractivity contribution in [2.75, 3.05) is 0 Å². The van der Waals surface area contributed by atoms with E-state index in [4.69, 9.17) is 0 Å². The molecule has 0 amide bonds. The zero-order chi connectivity index (χ0) is 21.7. The number of hydrogen-bond acceptors (Lipinski definition) is 1. The lowest BCUT2D eigenvalue weighted by Gasteiger charge is -2.36. The van der Waals surface area contributed by atoms with Crippen LogP contribution in [0.4, 0.5) is 0 Å². The number of hydrogen-bond donors (Lipinski definition) is 0. The minimum absolute atomic E-state index is 0.125. The molecule has 0 fully saturated rings. The standard InChI is InChI=1S/C16H26O.C11H18/c1-12(2)7-6-8-15-9-10-16(5,14(4)17)13(3)11-15;1-5-7-11(4)9-6-8-10(2)3/h7,11,13H,6,8-10H2,1-5H3;5,7-8H,4,6,9H2,1-3H3/b;7-5+/t13-,16+;/m1./s1. The molecule has 1 nitrogen and oxygen atoms in total. The van der Waals surface area contributed by atoms with Crippen molar-refractivity contribution in [2.24, 2.45) is 11.3 Å². The van der Waals surface area contributed by atoms with Crippen molar-refractivity contribution in [2.45, 2.75) is 93.9 Å². The quantitative estimate of drug-likeness (QED) is 0.302. The summed E-state index contributed by atoms with van der Waals surface area (Å²) in [6.45, 7) is 20.5. The second kappa shape index (κ2) is 13.5. The summed E-state index contributed by atoms with van der Waals surface area (Å²) in [7, 11) is 0. The molecule has 1 rings (SSSR count). The Kier molecular flexibility index (Phi) is 12.7. The highest BCUT2D eigenvalue weighted by molar-refractivity contribution is 5.82. The van der Waals surface area contributed by atoms with E-state index in [1.807, 2.05) is 13.0 Å². The second-order valence-corrected chi connectivity index (χ2v) is 8.89. The highest BCUT2D eigenvalue weighted by Crippen LogP contribution is 2.41. The smallest absolute Gasteiger partial charge is 0.136 e. The van der Waals surface area contributed by atoms with Crippen LogP contribution in [0.2, 0.25) is 0 Å². The maximum Gasteiger partial charge on any atom is 0.136 e. The molecular weight excluding hydrogens is 340 g/mol. The Bertz CT molecular complexity index is 619. The molecule has 0 aromatic rings. The highest BCUT2D eigenvalue weighted by Gasteiger charge is 2.37. The van der Waals surface area contributed by atoms with Crippen molar-refractivity contribution in [3.05, 3.63) is 59.3 Å². The van der Waals surface area contributed by atoms with Gasteiger partial charge in [0.05, 0.1) is 0 Å². The fraction of sp³-hybridized carbons (Fsp3) is 0.593. The van der Waals surface area contributed by atoms with Gasteiger partial charge in [-0.25, -0.2) is 0 Å². The van der Waals surface area contributed by atoms with Crippen LogP contribution in [0.25, 0.3) is 0 Å². The lowest BCUT2D eigenvalue weighted by Crippen LogP contribution is -2.34. The molecule has 0 radical (unpaired) electrons. The lowest BCUT2D eigenvalue weighted by atomic mass is 9.67. The molecule has 0 heterocycles.